The zero-order chi connectivity index (χ0) is 19.6. The highest BCUT2D eigenvalue weighted by molar-refractivity contribution is 8.00. The van der Waals surface area contributed by atoms with Gasteiger partial charge in [-0.1, -0.05) is 19.3 Å². The van der Waals surface area contributed by atoms with Gasteiger partial charge in [-0.25, -0.2) is 4.79 Å². The van der Waals surface area contributed by atoms with Crippen LogP contribution in [0.5, 0.6) is 0 Å². The lowest BCUT2D eigenvalue weighted by atomic mass is 10.0. The summed E-state index contributed by atoms with van der Waals surface area (Å²) < 4.78 is 0. The number of Topliss-reactive ketones (excluding diaryl/α,β-unsaturated/α-hetero) is 1. The van der Waals surface area contributed by atoms with E-state index in [4.69, 9.17) is 0 Å². The number of rotatable bonds is 13. The van der Waals surface area contributed by atoms with Gasteiger partial charge in [0.05, 0.1) is 12.1 Å². The molecule has 6 nitrogen and oxygen atoms in total. The topological polar surface area (TPSA) is 87.3 Å². The summed E-state index contributed by atoms with van der Waals surface area (Å²) in [6.45, 7) is 3.94. The Hall–Kier alpha value is -1.24. The lowest BCUT2D eigenvalue weighted by Crippen LogP contribution is -2.36. The second-order valence-electron chi connectivity index (χ2n) is 8.04. The van der Waals surface area contributed by atoms with Crippen molar-refractivity contribution in [1.29, 1.82) is 0 Å². The van der Waals surface area contributed by atoms with Gasteiger partial charge in [-0.15, -0.1) is 0 Å². The van der Waals surface area contributed by atoms with Crippen LogP contribution in [-0.4, -0.2) is 46.8 Å². The van der Waals surface area contributed by atoms with Crippen LogP contribution in [0.3, 0.4) is 0 Å². The van der Waals surface area contributed by atoms with E-state index in [9.17, 15) is 14.4 Å². The maximum Gasteiger partial charge on any atom is 0.315 e. The quantitative estimate of drug-likeness (QED) is 0.329. The summed E-state index contributed by atoms with van der Waals surface area (Å²) in [5.74, 6) is 1.48. The van der Waals surface area contributed by atoms with Gasteiger partial charge in [0.15, 0.2) is 0 Å². The van der Waals surface area contributed by atoms with Crippen LogP contribution in [0.15, 0.2) is 0 Å². The second-order valence-corrected chi connectivity index (χ2v) is 9.31. The van der Waals surface area contributed by atoms with Gasteiger partial charge in [-0.3, -0.25) is 9.59 Å². The smallest absolute Gasteiger partial charge is 0.315 e. The predicted octanol–water partition coefficient (Wildman–Crippen LogP) is 3.15. The zero-order valence-electron chi connectivity index (χ0n) is 16.7. The van der Waals surface area contributed by atoms with E-state index < -0.39 is 0 Å². The Labute approximate surface area is 167 Å². The van der Waals surface area contributed by atoms with Crippen molar-refractivity contribution in [1.82, 2.24) is 16.0 Å². The fourth-order valence-corrected chi connectivity index (χ4v) is 5.33. The fourth-order valence-electron chi connectivity index (χ4n) is 3.79. The third kappa shape index (κ3) is 8.11. The molecule has 0 spiro atoms. The summed E-state index contributed by atoms with van der Waals surface area (Å²) in [5, 5.41) is 9.35. The minimum atomic E-state index is -0.0361. The average molecular weight is 398 g/mol. The molecule has 3 amide bonds. The average Bonchev–Trinajstić information content (AvgIpc) is 3.13. The first-order chi connectivity index (χ1) is 13.0. The Bertz CT molecular complexity index is 513. The molecule has 2 heterocycles. The molecule has 0 aliphatic carbocycles. The molecule has 2 unspecified atom stereocenters. The van der Waals surface area contributed by atoms with Crippen LogP contribution in [0.2, 0.25) is 0 Å². The van der Waals surface area contributed by atoms with Gasteiger partial charge in [0.2, 0.25) is 5.91 Å². The molecule has 3 atom stereocenters. The van der Waals surface area contributed by atoms with E-state index in [2.05, 4.69) is 16.0 Å². The highest BCUT2D eigenvalue weighted by Crippen LogP contribution is 2.33. The SMILES string of the molecule is CC(C)NC(=O)CCCCCCC(=O)CCCCC1SC[C@@H]2NC(=O)NC12. The van der Waals surface area contributed by atoms with Crippen molar-refractivity contribution in [3.05, 3.63) is 0 Å². The standard InChI is InChI=1S/C20H35N3O3S/c1-14(2)21-18(25)12-6-4-3-5-9-15(24)10-7-8-11-17-19-16(13-27-17)22-20(26)23-19/h14,16-17,19H,3-13H2,1-2H3,(H,21,25)(H2,22,23,26)/t16-,17?,19?/m0/s1. The molecule has 0 saturated carbocycles. The lowest BCUT2D eigenvalue weighted by Gasteiger charge is -2.16. The summed E-state index contributed by atoms with van der Waals surface area (Å²) >= 11 is 1.93. The number of thioether (sulfide) groups is 1. The first-order valence-corrected chi connectivity index (χ1v) is 11.5. The van der Waals surface area contributed by atoms with Crippen LogP contribution in [0.1, 0.15) is 78.1 Å². The molecule has 0 radical (unpaired) electrons. The molecule has 0 aromatic heterocycles. The summed E-state index contributed by atoms with van der Waals surface area (Å²) in [6, 6.07) is 0.717. The summed E-state index contributed by atoms with van der Waals surface area (Å²) in [4.78, 5) is 34.9. The number of unbranched alkanes of at least 4 members (excludes halogenated alkanes) is 4. The molecule has 2 aliphatic heterocycles. The number of hydrogen-bond acceptors (Lipinski definition) is 4. The van der Waals surface area contributed by atoms with Gasteiger partial charge in [0.25, 0.3) is 0 Å². The molecule has 0 aromatic rings. The molecule has 3 N–H and O–H groups in total. The molecule has 0 bridgehead atoms. The lowest BCUT2D eigenvalue weighted by molar-refractivity contribution is -0.122. The monoisotopic (exact) mass is 397 g/mol. The number of ketones is 1. The van der Waals surface area contributed by atoms with Crippen LogP contribution in [0.25, 0.3) is 0 Å². The third-order valence-corrected chi connectivity index (χ3v) is 6.70. The van der Waals surface area contributed by atoms with Gasteiger partial charge in [-0.2, -0.15) is 11.8 Å². The first-order valence-electron chi connectivity index (χ1n) is 10.5. The predicted molar refractivity (Wildman–Crippen MR) is 110 cm³/mol. The Morgan fingerprint density at radius 3 is 2.41 bits per heavy atom. The van der Waals surface area contributed by atoms with Crippen molar-refractivity contribution in [3.8, 4) is 0 Å². The molecular formula is C20H35N3O3S. The maximum absolute atomic E-state index is 12.0. The minimum Gasteiger partial charge on any atom is -0.354 e. The van der Waals surface area contributed by atoms with E-state index in [0.717, 1.165) is 50.7 Å². The number of carbonyl (C=O) groups is 3. The Morgan fingerprint density at radius 1 is 1.04 bits per heavy atom. The van der Waals surface area contributed by atoms with Crippen molar-refractivity contribution in [3.63, 3.8) is 0 Å². The van der Waals surface area contributed by atoms with E-state index in [1.54, 1.807) is 0 Å². The second kappa shape index (κ2) is 11.6. The van der Waals surface area contributed by atoms with E-state index >= 15 is 0 Å². The number of amides is 3. The Balaban J connectivity index is 1.42. The molecule has 27 heavy (non-hydrogen) atoms. The van der Waals surface area contributed by atoms with Crippen molar-refractivity contribution in [2.24, 2.45) is 0 Å². The molecule has 7 heteroatoms. The number of carbonyl (C=O) groups excluding carboxylic acids is 3. The van der Waals surface area contributed by atoms with Gasteiger partial charge < -0.3 is 16.0 Å². The van der Waals surface area contributed by atoms with E-state index in [-0.39, 0.29) is 30.1 Å². The normalized spacial score (nSPS) is 23.8. The highest BCUT2D eigenvalue weighted by atomic mass is 32.2. The number of urea groups is 1. The number of nitrogens with one attached hydrogen (secondary N) is 3. The largest absolute Gasteiger partial charge is 0.354 e. The van der Waals surface area contributed by atoms with Gasteiger partial charge in [0, 0.05) is 36.3 Å². The summed E-state index contributed by atoms with van der Waals surface area (Å²) in [7, 11) is 0. The number of hydrogen-bond donors (Lipinski definition) is 3. The third-order valence-electron chi connectivity index (χ3n) is 5.19. The molecular weight excluding hydrogens is 362 g/mol. The van der Waals surface area contributed by atoms with Crippen LogP contribution in [0, 0.1) is 0 Å². The molecule has 2 rings (SSSR count). The van der Waals surface area contributed by atoms with Gasteiger partial charge in [-0.05, 0) is 39.5 Å². The summed E-state index contributed by atoms with van der Waals surface area (Å²) in [6.07, 6.45) is 8.87. The van der Waals surface area contributed by atoms with Crippen molar-refractivity contribution < 1.29 is 14.4 Å². The van der Waals surface area contributed by atoms with Crippen LogP contribution in [-0.2, 0) is 9.59 Å². The van der Waals surface area contributed by atoms with E-state index in [0.29, 0.717) is 30.3 Å². The van der Waals surface area contributed by atoms with Crippen molar-refractivity contribution in [2.75, 3.05) is 5.75 Å². The van der Waals surface area contributed by atoms with Crippen LogP contribution < -0.4 is 16.0 Å². The van der Waals surface area contributed by atoms with Crippen molar-refractivity contribution in [2.45, 2.75) is 101 Å². The molecule has 154 valence electrons. The fraction of sp³-hybridized carbons (Fsp3) is 0.850. The molecule has 2 saturated heterocycles. The molecule has 0 aromatic carbocycles. The Morgan fingerprint density at radius 2 is 1.70 bits per heavy atom. The minimum absolute atomic E-state index is 0.0361. The Kier molecular flexibility index (Phi) is 9.45. The van der Waals surface area contributed by atoms with E-state index in [1.165, 1.54) is 0 Å². The van der Waals surface area contributed by atoms with Crippen LogP contribution in [0.4, 0.5) is 4.79 Å². The van der Waals surface area contributed by atoms with Crippen molar-refractivity contribution >= 4 is 29.5 Å². The summed E-state index contributed by atoms with van der Waals surface area (Å²) in [5.41, 5.74) is 0. The van der Waals surface area contributed by atoms with Crippen LogP contribution >= 0.6 is 11.8 Å². The first kappa shape index (κ1) is 22.1. The van der Waals surface area contributed by atoms with E-state index in [1.807, 2.05) is 25.6 Å². The van der Waals surface area contributed by atoms with Gasteiger partial charge >= 0.3 is 6.03 Å². The molecule has 2 aliphatic rings. The zero-order valence-corrected chi connectivity index (χ0v) is 17.5. The molecule has 2 fully saturated rings. The van der Waals surface area contributed by atoms with Gasteiger partial charge in [0.1, 0.15) is 5.78 Å². The maximum atomic E-state index is 12.0. The number of fused-ring (bicyclic) bond motifs is 1. The highest BCUT2D eigenvalue weighted by Gasteiger charge is 2.42.